The molecule has 0 atom stereocenters. The maximum absolute atomic E-state index is 10.6. The van der Waals surface area contributed by atoms with Crippen molar-refractivity contribution in [3.8, 4) is 16.3 Å². The van der Waals surface area contributed by atoms with Gasteiger partial charge in [0, 0.05) is 23.1 Å². The van der Waals surface area contributed by atoms with Crippen molar-refractivity contribution in [2.75, 3.05) is 12.4 Å². The molecule has 0 saturated carbocycles. The first kappa shape index (κ1) is 18.5. The van der Waals surface area contributed by atoms with Crippen LogP contribution in [0.25, 0.3) is 10.6 Å². The smallest absolute Gasteiger partial charge is 0.313 e. The monoisotopic (exact) mass is 385 g/mol. The first-order valence-electron chi connectivity index (χ1n) is 8.22. The van der Waals surface area contributed by atoms with Gasteiger partial charge in [0.15, 0.2) is 0 Å². The molecule has 0 saturated heterocycles. The number of aliphatic carboxylic acids is 1. The van der Waals surface area contributed by atoms with E-state index in [4.69, 9.17) is 9.84 Å². The minimum atomic E-state index is -0.791. The van der Waals surface area contributed by atoms with Crippen LogP contribution in [0.2, 0.25) is 0 Å². The van der Waals surface area contributed by atoms with E-state index in [2.05, 4.69) is 22.5 Å². The number of thiazole rings is 1. The Morgan fingerprint density at radius 2 is 2.00 bits per heavy atom. The van der Waals surface area contributed by atoms with Crippen LogP contribution < -0.4 is 4.74 Å². The van der Waals surface area contributed by atoms with Crippen molar-refractivity contribution in [2.45, 2.75) is 12.2 Å². The number of carbonyl (C=O) groups is 1. The highest BCUT2D eigenvalue weighted by atomic mass is 32.2. The second-order valence-electron chi connectivity index (χ2n) is 5.64. The number of carboxylic acids is 1. The average molecular weight is 386 g/mol. The summed E-state index contributed by atoms with van der Waals surface area (Å²) in [6.45, 7) is 0.559. The average Bonchev–Trinajstić information content (AvgIpc) is 3.12. The molecule has 3 aromatic rings. The second-order valence-corrected chi connectivity index (χ2v) is 7.49. The Labute approximate surface area is 160 Å². The van der Waals surface area contributed by atoms with Gasteiger partial charge in [0.25, 0.3) is 0 Å². The van der Waals surface area contributed by atoms with E-state index in [1.54, 1.807) is 11.3 Å². The molecule has 0 aliphatic carbocycles. The Kier molecular flexibility index (Phi) is 6.68. The molecule has 0 fully saturated rings. The van der Waals surface area contributed by atoms with Crippen LogP contribution >= 0.6 is 23.1 Å². The molecule has 0 aliphatic rings. The number of nitrogens with zero attached hydrogens (tertiary/aromatic N) is 1. The molecule has 0 radical (unpaired) electrons. The van der Waals surface area contributed by atoms with Gasteiger partial charge in [0.05, 0.1) is 18.1 Å². The van der Waals surface area contributed by atoms with Crippen LogP contribution in [-0.4, -0.2) is 28.4 Å². The van der Waals surface area contributed by atoms with Gasteiger partial charge in [-0.2, -0.15) is 0 Å². The molecule has 1 heterocycles. The quantitative estimate of drug-likeness (QED) is 0.576. The molecule has 3 rings (SSSR count). The molecule has 134 valence electrons. The second kappa shape index (κ2) is 9.40. The Balaban J connectivity index is 1.49. The minimum Gasteiger partial charge on any atom is -0.493 e. The van der Waals surface area contributed by atoms with E-state index in [0.29, 0.717) is 12.4 Å². The lowest BCUT2D eigenvalue weighted by Crippen LogP contribution is -2.02. The topological polar surface area (TPSA) is 59.4 Å². The van der Waals surface area contributed by atoms with Gasteiger partial charge < -0.3 is 9.84 Å². The summed E-state index contributed by atoms with van der Waals surface area (Å²) in [6, 6.07) is 18.0. The van der Waals surface area contributed by atoms with Gasteiger partial charge in [0.2, 0.25) is 0 Å². The molecule has 0 spiro atoms. The fourth-order valence-corrected chi connectivity index (χ4v) is 3.94. The molecular weight excluding hydrogens is 366 g/mol. The van der Waals surface area contributed by atoms with Gasteiger partial charge >= 0.3 is 5.97 Å². The number of aromatic nitrogens is 1. The van der Waals surface area contributed by atoms with E-state index >= 15 is 0 Å². The summed E-state index contributed by atoms with van der Waals surface area (Å²) in [5, 5.41) is 11.8. The zero-order valence-electron chi connectivity index (χ0n) is 14.1. The number of carboxylic acid groups (broad SMARTS) is 1. The summed E-state index contributed by atoms with van der Waals surface area (Å²) in [4.78, 5) is 15.2. The molecule has 2 aromatic carbocycles. The third-order valence-corrected chi connectivity index (χ3v) is 5.52. The van der Waals surface area contributed by atoms with E-state index in [-0.39, 0.29) is 5.75 Å². The van der Waals surface area contributed by atoms with E-state index in [0.717, 1.165) is 34.0 Å². The lowest BCUT2D eigenvalue weighted by atomic mass is 10.2. The molecular formula is C20H19NO3S2. The predicted octanol–water partition coefficient (Wildman–Crippen LogP) is 4.75. The first-order chi connectivity index (χ1) is 12.7. The maximum atomic E-state index is 10.6. The van der Waals surface area contributed by atoms with Crippen LogP contribution in [0, 0.1) is 0 Å². The molecule has 0 amide bonds. The van der Waals surface area contributed by atoms with Gasteiger partial charge in [0.1, 0.15) is 10.8 Å². The summed E-state index contributed by atoms with van der Waals surface area (Å²) in [6.07, 6.45) is 0.751. The summed E-state index contributed by atoms with van der Waals surface area (Å²) in [5.41, 5.74) is 3.23. The Morgan fingerprint density at radius 3 is 2.81 bits per heavy atom. The van der Waals surface area contributed by atoms with Crippen molar-refractivity contribution < 1.29 is 14.6 Å². The molecule has 0 bridgehead atoms. The molecule has 0 aliphatic heterocycles. The zero-order chi connectivity index (χ0) is 18.2. The highest BCUT2D eigenvalue weighted by Gasteiger charge is 2.05. The van der Waals surface area contributed by atoms with Crippen LogP contribution in [-0.2, 0) is 17.0 Å². The summed E-state index contributed by atoms with van der Waals surface area (Å²) in [5.74, 6) is 0.784. The molecule has 6 heteroatoms. The largest absolute Gasteiger partial charge is 0.493 e. The summed E-state index contributed by atoms with van der Waals surface area (Å²) in [7, 11) is 0. The molecule has 4 nitrogen and oxygen atoms in total. The van der Waals surface area contributed by atoms with E-state index < -0.39 is 5.97 Å². The number of ether oxygens (including phenoxy) is 1. The highest BCUT2D eigenvalue weighted by Crippen LogP contribution is 2.24. The van der Waals surface area contributed by atoms with Gasteiger partial charge in [-0.25, -0.2) is 4.98 Å². The van der Waals surface area contributed by atoms with Crippen molar-refractivity contribution >= 4 is 29.1 Å². The van der Waals surface area contributed by atoms with Crippen molar-refractivity contribution in [1.82, 2.24) is 4.98 Å². The van der Waals surface area contributed by atoms with Gasteiger partial charge in [-0.15, -0.1) is 23.1 Å². The highest BCUT2D eigenvalue weighted by molar-refractivity contribution is 7.99. The van der Waals surface area contributed by atoms with Crippen LogP contribution in [0.5, 0.6) is 5.75 Å². The van der Waals surface area contributed by atoms with Gasteiger partial charge in [-0.1, -0.05) is 42.5 Å². The lowest BCUT2D eigenvalue weighted by molar-refractivity contribution is -0.133. The Bertz CT molecular complexity index is 849. The number of thioether (sulfide) groups is 1. The van der Waals surface area contributed by atoms with Crippen molar-refractivity contribution in [3.63, 3.8) is 0 Å². The van der Waals surface area contributed by atoms with Crippen molar-refractivity contribution in [1.29, 1.82) is 0 Å². The minimum absolute atomic E-state index is 0.110. The van der Waals surface area contributed by atoms with Crippen LogP contribution in [0.3, 0.4) is 0 Å². The van der Waals surface area contributed by atoms with Crippen molar-refractivity contribution in [3.05, 3.63) is 71.2 Å². The van der Waals surface area contributed by atoms with Crippen LogP contribution in [0.4, 0.5) is 0 Å². The maximum Gasteiger partial charge on any atom is 0.313 e. The van der Waals surface area contributed by atoms with E-state index in [1.165, 1.54) is 11.8 Å². The molecule has 26 heavy (non-hydrogen) atoms. The number of benzene rings is 2. The number of hydrogen-bond acceptors (Lipinski definition) is 5. The standard InChI is InChI=1S/C20H19NO3S2/c22-19(23)14-25-12-15-5-4-8-18(11-15)24-10-9-17-13-26-20(21-17)16-6-2-1-3-7-16/h1-8,11,13H,9-10,12,14H2,(H,22,23). The third-order valence-electron chi connectivity index (χ3n) is 3.59. The third kappa shape index (κ3) is 5.61. The SMILES string of the molecule is O=C(O)CSCc1cccc(OCCc2csc(-c3ccccc3)n2)c1. The summed E-state index contributed by atoms with van der Waals surface area (Å²) < 4.78 is 5.83. The fraction of sp³-hybridized carbons (Fsp3) is 0.200. The molecule has 1 N–H and O–H groups in total. The van der Waals surface area contributed by atoms with E-state index in [1.807, 2.05) is 42.5 Å². The number of hydrogen-bond donors (Lipinski definition) is 1. The Morgan fingerprint density at radius 1 is 1.15 bits per heavy atom. The normalized spacial score (nSPS) is 10.6. The summed E-state index contributed by atoms with van der Waals surface area (Å²) >= 11 is 3.03. The van der Waals surface area contributed by atoms with E-state index in [9.17, 15) is 4.79 Å². The van der Waals surface area contributed by atoms with Crippen LogP contribution in [0.1, 0.15) is 11.3 Å². The van der Waals surface area contributed by atoms with Crippen molar-refractivity contribution in [2.24, 2.45) is 0 Å². The Hall–Kier alpha value is -2.31. The predicted molar refractivity (Wildman–Crippen MR) is 107 cm³/mol. The number of rotatable bonds is 9. The molecule has 0 unspecified atom stereocenters. The lowest BCUT2D eigenvalue weighted by Gasteiger charge is -2.07. The van der Waals surface area contributed by atoms with Gasteiger partial charge in [-0.3, -0.25) is 4.79 Å². The van der Waals surface area contributed by atoms with Crippen LogP contribution in [0.15, 0.2) is 60.0 Å². The zero-order valence-corrected chi connectivity index (χ0v) is 15.8. The van der Waals surface area contributed by atoms with Gasteiger partial charge in [-0.05, 0) is 17.7 Å². The fourth-order valence-electron chi connectivity index (χ4n) is 2.39. The first-order valence-corrected chi connectivity index (χ1v) is 10.3. The molecule has 1 aromatic heterocycles.